The Morgan fingerprint density at radius 2 is 2.00 bits per heavy atom. The van der Waals surface area contributed by atoms with Crippen LogP contribution >= 0.6 is 11.8 Å². The minimum absolute atomic E-state index is 0.122. The number of rotatable bonds is 10. The van der Waals surface area contributed by atoms with Gasteiger partial charge in [0.05, 0.1) is 13.3 Å². The van der Waals surface area contributed by atoms with E-state index in [0.717, 1.165) is 10.5 Å². The van der Waals surface area contributed by atoms with Crippen molar-refractivity contribution < 1.29 is 14.3 Å². The Morgan fingerprint density at radius 3 is 2.70 bits per heavy atom. The molecule has 142 valence electrons. The third kappa shape index (κ3) is 7.19. The maximum absolute atomic E-state index is 11.9. The van der Waals surface area contributed by atoms with Crippen LogP contribution in [0.3, 0.4) is 0 Å². The number of hydrogen-bond donors (Lipinski definition) is 1. The van der Waals surface area contributed by atoms with E-state index in [1.54, 1.807) is 43.3 Å². The molecule has 2 aromatic carbocycles. The van der Waals surface area contributed by atoms with Crippen molar-refractivity contribution in [1.29, 1.82) is 0 Å². The molecule has 27 heavy (non-hydrogen) atoms. The monoisotopic (exact) mass is 384 g/mol. The van der Waals surface area contributed by atoms with Gasteiger partial charge in [-0.3, -0.25) is 4.79 Å². The van der Waals surface area contributed by atoms with Gasteiger partial charge in [0.25, 0.3) is 0 Å². The Hall–Kier alpha value is -2.73. The number of nitrogens with one attached hydrogen (secondary N) is 1. The molecule has 1 amide bonds. The third-order valence-corrected chi connectivity index (χ3v) is 4.58. The van der Waals surface area contributed by atoms with Gasteiger partial charge in [0.1, 0.15) is 6.61 Å². The van der Waals surface area contributed by atoms with Gasteiger partial charge in [0, 0.05) is 17.1 Å². The molecule has 0 aliphatic carbocycles. The Balaban J connectivity index is 1.79. The number of carbonyl (C=O) groups is 1. The number of ether oxygens (including phenoxy) is 2. The predicted molar refractivity (Wildman–Crippen MR) is 111 cm³/mol. The van der Waals surface area contributed by atoms with Gasteiger partial charge >= 0.3 is 0 Å². The summed E-state index contributed by atoms with van der Waals surface area (Å²) >= 11 is 1.65. The van der Waals surface area contributed by atoms with Crippen LogP contribution in [0.15, 0.2) is 65.1 Å². The fourth-order valence-corrected chi connectivity index (χ4v) is 3.01. The number of thioether (sulfide) groups is 1. The zero-order chi connectivity index (χ0) is 19.5. The second-order valence-electron chi connectivity index (χ2n) is 5.71. The van der Waals surface area contributed by atoms with E-state index in [2.05, 4.69) is 48.3 Å². The first kappa shape index (κ1) is 20.6. The summed E-state index contributed by atoms with van der Waals surface area (Å²) in [5.74, 6) is 1.81. The number of aryl methyl sites for hydroxylation is 1. The molecule has 0 aliphatic rings. The smallest absolute Gasteiger partial charge is 0.240 e. The van der Waals surface area contributed by atoms with E-state index >= 15 is 0 Å². The molecule has 0 saturated heterocycles. The molecular weight excluding hydrogens is 360 g/mol. The lowest BCUT2D eigenvalue weighted by Gasteiger charge is -2.09. The topological polar surface area (TPSA) is 59.9 Å². The minimum atomic E-state index is -0.122. The van der Waals surface area contributed by atoms with E-state index in [1.807, 2.05) is 6.07 Å². The fourth-order valence-electron chi connectivity index (χ4n) is 2.16. The van der Waals surface area contributed by atoms with Gasteiger partial charge in [-0.2, -0.15) is 5.10 Å². The predicted octanol–water partition coefficient (Wildman–Crippen LogP) is 4.20. The lowest BCUT2D eigenvalue weighted by atomic mass is 10.2. The van der Waals surface area contributed by atoms with Crippen LogP contribution in [0.4, 0.5) is 0 Å². The van der Waals surface area contributed by atoms with Crippen LogP contribution in [0.25, 0.3) is 0 Å². The van der Waals surface area contributed by atoms with Gasteiger partial charge in [-0.05, 0) is 42.8 Å². The van der Waals surface area contributed by atoms with Crippen LogP contribution in [-0.2, 0) is 4.79 Å². The Morgan fingerprint density at radius 1 is 1.22 bits per heavy atom. The van der Waals surface area contributed by atoms with Gasteiger partial charge in [0.2, 0.25) is 5.91 Å². The van der Waals surface area contributed by atoms with Crippen molar-refractivity contribution >= 4 is 23.9 Å². The molecule has 0 unspecified atom stereocenters. The van der Waals surface area contributed by atoms with E-state index in [4.69, 9.17) is 9.47 Å². The zero-order valence-electron chi connectivity index (χ0n) is 15.6. The Kier molecular flexibility index (Phi) is 8.45. The molecule has 0 bridgehead atoms. The highest BCUT2D eigenvalue weighted by molar-refractivity contribution is 7.99. The van der Waals surface area contributed by atoms with Gasteiger partial charge in [-0.1, -0.05) is 30.4 Å². The van der Waals surface area contributed by atoms with E-state index in [-0.39, 0.29) is 5.91 Å². The third-order valence-electron chi connectivity index (χ3n) is 3.57. The van der Waals surface area contributed by atoms with Crippen molar-refractivity contribution in [2.24, 2.45) is 5.10 Å². The lowest BCUT2D eigenvalue weighted by Crippen LogP contribution is -2.17. The van der Waals surface area contributed by atoms with Gasteiger partial charge in [-0.25, -0.2) is 5.43 Å². The molecule has 2 aromatic rings. The molecule has 0 spiro atoms. The van der Waals surface area contributed by atoms with Gasteiger partial charge in [-0.15, -0.1) is 11.8 Å². The molecule has 6 heteroatoms. The quantitative estimate of drug-likeness (QED) is 0.289. The van der Waals surface area contributed by atoms with E-state index in [1.165, 1.54) is 5.56 Å². The largest absolute Gasteiger partial charge is 0.493 e. The summed E-state index contributed by atoms with van der Waals surface area (Å²) in [7, 11) is 1.57. The number of amides is 1. The first-order chi connectivity index (χ1) is 13.1. The molecule has 0 aliphatic heterocycles. The van der Waals surface area contributed by atoms with E-state index < -0.39 is 0 Å². The zero-order valence-corrected chi connectivity index (χ0v) is 16.4. The molecule has 0 atom stereocenters. The molecule has 2 rings (SSSR count). The SMILES string of the molecule is C=CCOc1ccc(/C=N\NC(=O)CCSc2ccc(C)cc2)cc1OC. The number of nitrogens with zero attached hydrogens (tertiary/aromatic N) is 1. The van der Waals surface area contributed by atoms with E-state index in [9.17, 15) is 4.79 Å². The van der Waals surface area contributed by atoms with Crippen molar-refractivity contribution in [3.63, 3.8) is 0 Å². The number of carbonyl (C=O) groups excluding carboxylic acids is 1. The molecule has 0 heterocycles. The van der Waals surface area contributed by atoms with Crippen LogP contribution in [0, 0.1) is 6.92 Å². The first-order valence-corrected chi connectivity index (χ1v) is 9.54. The first-order valence-electron chi connectivity index (χ1n) is 8.55. The average molecular weight is 385 g/mol. The van der Waals surface area contributed by atoms with Crippen LogP contribution in [0.5, 0.6) is 11.5 Å². The van der Waals surface area contributed by atoms with E-state index in [0.29, 0.717) is 30.3 Å². The molecule has 1 N–H and O–H groups in total. The van der Waals surface area contributed by atoms with Crippen molar-refractivity contribution in [2.45, 2.75) is 18.2 Å². The molecule has 0 saturated carbocycles. The summed E-state index contributed by atoms with van der Waals surface area (Å²) in [4.78, 5) is 13.0. The highest BCUT2D eigenvalue weighted by Crippen LogP contribution is 2.27. The normalized spacial score (nSPS) is 10.6. The Bertz CT molecular complexity index is 789. The maximum Gasteiger partial charge on any atom is 0.240 e. The maximum atomic E-state index is 11.9. The van der Waals surface area contributed by atoms with Gasteiger partial charge in [0.15, 0.2) is 11.5 Å². The second kappa shape index (κ2) is 11.1. The van der Waals surface area contributed by atoms with Crippen molar-refractivity contribution in [2.75, 3.05) is 19.5 Å². The number of benzene rings is 2. The molecule has 5 nitrogen and oxygen atoms in total. The second-order valence-corrected chi connectivity index (χ2v) is 6.88. The highest BCUT2D eigenvalue weighted by Gasteiger charge is 2.05. The van der Waals surface area contributed by atoms with Crippen LogP contribution in [0.2, 0.25) is 0 Å². The molecule has 0 aromatic heterocycles. The lowest BCUT2D eigenvalue weighted by molar-refractivity contribution is -0.120. The van der Waals surface area contributed by atoms with Crippen LogP contribution in [-0.4, -0.2) is 31.6 Å². The summed E-state index contributed by atoms with van der Waals surface area (Å²) < 4.78 is 10.8. The van der Waals surface area contributed by atoms with Crippen LogP contribution in [0.1, 0.15) is 17.5 Å². The molecular formula is C21H24N2O3S. The molecule has 0 fully saturated rings. The standard InChI is InChI=1S/C21H24N2O3S/c1-4-12-26-19-10-7-17(14-20(19)25-3)15-22-23-21(24)11-13-27-18-8-5-16(2)6-9-18/h4-10,14-15H,1,11-13H2,2-3H3,(H,23,24)/b22-15-. The number of hydrogen-bond acceptors (Lipinski definition) is 5. The minimum Gasteiger partial charge on any atom is -0.493 e. The van der Waals surface area contributed by atoms with Crippen molar-refractivity contribution in [3.05, 3.63) is 66.2 Å². The van der Waals surface area contributed by atoms with Crippen molar-refractivity contribution in [3.8, 4) is 11.5 Å². The highest BCUT2D eigenvalue weighted by atomic mass is 32.2. The van der Waals surface area contributed by atoms with Crippen LogP contribution < -0.4 is 14.9 Å². The summed E-state index contributed by atoms with van der Waals surface area (Å²) in [5.41, 5.74) is 4.57. The Labute approximate surface area is 164 Å². The fraction of sp³-hybridized carbons (Fsp3) is 0.238. The summed E-state index contributed by atoms with van der Waals surface area (Å²) in [6.07, 6.45) is 3.64. The van der Waals surface area contributed by atoms with Gasteiger partial charge < -0.3 is 9.47 Å². The number of methoxy groups -OCH3 is 1. The summed E-state index contributed by atoms with van der Waals surface area (Å²) in [6.45, 7) is 6.08. The summed E-state index contributed by atoms with van der Waals surface area (Å²) in [5, 5.41) is 4.00. The molecule has 0 radical (unpaired) electrons. The average Bonchev–Trinajstić information content (AvgIpc) is 2.68. The summed E-state index contributed by atoms with van der Waals surface area (Å²) in [6, 6.07) is 13.7. The number of hydrazone groups is 1. The van der Waals surface area contributed by atoms with Crippen molar-refractivity contribution in [1.82, 2.24) is 5.43 Å².